The number of ether oxygens (including phenoxy) is 2. The van der Waals surface area contributed by atoms with Crippen molar-refractivity contribution in [1.29, 1.82) is 0 Å². The van der Waals surface area contributed by atoms with Crippen LogP contribution >= 0.6 is 0 Å². The maximum absolute atomic E-state index is 13.1. The molecule has 0 aromatic rings. The Bertz CT molecular complexity index is 843. The number of rotatable bonds is 4. The number of Topliss-reactive ketones (excluding diaryl/α,β-unsaturated/α-hetero) is 1. The van der Waals surface area contributed by atoms with Crippen LogP contribution in [-0.2, 0) is 19.1 Å². The number of hydrogen-bond acceptors (Lipinski definition) is 6. The van der Waals surface area contributed by atoms with Gasteiger partial charge in [-0.05, 0) is 67.9 Å². The predicted octanol–water partition coefficient (Wildman–Crippen LogP) is 3.87. The molecule has 4 rings (SSSR count). The fourth-order valence-electron chi connectivity index (χ4n) is 7.76. The number of hydrogen-bond donors (Lipinski definition) is 1. The van der Waals surface area contributed by atoms with Crippen LogP contribution in [0.15, 0.2) is 23.8 Å². The van der Waals surface area contributed by atoms with Crippen LogP contribution in [0, 0.1) is 40.4 Å². The molecule has 0 spiro atoms. The topological polar surface area (TPSA) is 89.9 Å². The van der Waals surface area contributed by atoms with Crippen LogP contribution in [-0.4, -0.2) is 42.1 Å². The summed E-state index contributed by atoms with van der Waals surface area (Å²) in [5.74, 6) is 0.511. The molecule has 0 aliphatic heterocycles. The molecule has 0 amide bonds. The van der Waals surface area contributed by atoms with E-state index in [4.69, 9.17) is 9.47 Å². The molecule has 4 aliphatic rings. The van der Waals surface area contributed by atoms with Crippen LogP contribution < -0.4 is 0 Å². The normalized spacial score (nSPS) is 43.4. The van der Waals surface area contributed by atoms with E-state index < -0.39 is 12.3 Å². The fourth-order valence-corrected chi connectivity index (χ4v) is 7.76. The molecule has 6 nitrogen and oxygen atoms in total. The molecule has 0 heterocycles. The van der Waals surface area contributed by atoms with E-state index >= 15 is 0 Å². The lowest BCUT2D eigenvalue weighted by atomic mass is 9.46. The van der Waals surface area contributed by atoms with Gasteiger partial charge in [-0.25, -0.2) is 4.79 Å². The fraction of sp³-hybridized carbons (Fsp3) is 0.720. The third-order valence-corrected chi connectivity index (χ3v) is 8.78. The molecule has 4 aliphatic carbocycles. The molecule has 3 saturated carbocycles. The number of aliphatic hydroxyl groups is 1. The van der Waals surface area contributed by atoms with E-state index in [0.717, 1.165) is 24.8 Å². The van der Waals surface area contributed by atoms with Crippen molar-refractivity contribution in [1.82, 2.24) is 0 Å². The third-order valence-electron chi connectivity index (χ3n) is 8.78. The van der Waals surface area contributed by atoms with Crippen LogP contribution in [0.5, 0.6) is 0 Å². The monoisotopic (exact) mass is 430 g/mol. The Morgan fingerprint density at radius 1 is 1.26 bits per heavy atom. The lowest BCUT2D eigenvalue weighted by Gasteiger charge is -2.58. The van der Waals surface area contributed by atoms with E-state index in [1.54, 1.807) is 19.1 Å². The van der Waals surface area contributed by atoms with Crippen molar-refractivity contribution >= 4 is 17.7 Å². The van der Waals surface area contributed by atoms with Crippen molar-refractivity contribution in [2.24, 2.45) is 40.4 Å². The molecule has 0 aromatic heterocycles. The lowest BCUT2D eigenvalue weighted by Crippen LogP contribution is -2.56. The van der Waals surface area contributed by atoms with E-state index in [0.29, 0.717) is 18.3 Å². The number of allylic oxidation sites excluding steroid dienone is 4. The highest BCUT2D eigenvalue weighted by molar-refractivity contribution is 6.01. The SMILES string of the molecule is CCOC(=O)OCC(=O)C1[C@@H](C)CC2C3CCC4=CC(=O)C=C[C@]4(C)C3C(O)C[C@@]21C. The van der Waals surface area contributed by atoms with Crippen molar-refractivity contribution in [3.05, 3.63) is 23.8 Å². The van der Waals surface area contributed by atoms with Crippen molar-refractivity contribution in [3.8, 4) is 0 Å². The smallest absolute Gasteiger partial charge is 0.435 e. The number of fused-ring (bicyclic) bond motifs is 5. The third kappa shape index (κ3) is 3.47. The number of ketones is 2. The first-order valence-electron chi connectivity index (χ1n) is 11.6. The summed E-state index contributed by atoms with van der Waals surface area (Å²) in [7, 11) is 0. The average Bonchev–Trinajstić information content (AvgIpc) is 2.96. The molecule has 31 heavy (non-hydrogen) atoms. The van der Waals surface area contributed by atoms with Gasteiger partial charge < -0.3 is 14.6 Å². The Morgan fingerprint density at radius 3 is 2.71 bits per heavy atom. The van der Waals surface area contributed by atoms with Crippen molar-refractivity contribution in [2.45, 2.75) is 59.5 Å². The summed E-state index contributed by atoms with van der Waals surface area (Å²) >= 11 is 0. The first kappa shape index (κ1) is 22.3. The average molecular weight is 431 g/mol. The zero-order valence-corrected chi connectivity index (χ0v) is 18.9. The Morgan fingerprint density at radius 2 is 2.00 bits per heavy atom. The van der Waals surface area contributed by atoms with Gasteiger partial charge in [0.25, 0.3) is 0 Å². The molecular formula is C25H34O6. The molecule has 3 fully saturated rings. The molecule has 0 bridgehead atoms. The minimum atomic E-state index is -0.815. The van der Waals surface area contributed by atoms with Crippen LogP contribution in [0.3, 0.4) is 0 Å². The maximum atomic E-state index is 13.1. The zero-order chi connectivity index (χ0) is 22.6. The summed E-state index contributed by atoms with van der Waals surface area (Å²) in [6, 6.07) is 0. The minimum Gasteiger partial charge on any atom is -0.435 e. The van der Waals surface area contributed by atoms with Gasteiger partial charge in [0.2, 0.25) is 0 Å². The molecule has 0 aromatic carbocycles. The Hall–Kier alpha value is -1.95. The van der Waals surface area contributed by atoms with Crippen LogP contribution in [0.1, 0.15) is 53.4 Å². The van der Waals surface area contributed by atoms with Gasteiger partial charge in [0.15, 0.2) is 18.2 Å². The van der Waals surface area contributed by atoms with Gasteiger partial charge in [0.05, 0.1) is 12.7 Å². The maximum Gasteiger partial charge on any atom is 0.508 e. The quantitative estimate of drug-likeness (QED) is 0.681. The number of carbonyl (C=O) groups excluding carboxylic acids is 3. The summed E-state index contributed by atoms with van der Waals surface area (Å²) in [5, 5.41) is 11.4. The second-order valence-electron chi connectivity index (χ2n) is 10.4. The van der Waals surface area contributed by atoms with Gasteiger partial charge in [0.1, 0.15) is 0 Å². The summed E-state index contributed by atoms with van der Waals surface area (Å²) in [5.41, 5.74) is 0.488. The molecule has 0 saturated heterocycles. The van der Waals surface area contributed by atoms with E-state index in [-0.39, 0.29) is 53.4 Å². The Labute approximate surface area is 184 Å². The highest BCUT2D eigenvalue weighted by atomic mass is 16.7. The van der Waals surface area contributed by atoms with Crippen LogP contribution in [0.25, 0.3) is 0 Å². The number of carbonyl (C=O) groups is 3. The predicted molar refractivity (Wildman–Crippen MR) is 114 cm³/mol. The van der Waals surface area contributed by atoms with E-state index in [1.165, 1.54) is 0 Å². The molecule has 6 heteroatoms. The summed E-state index contributed by atoms with van der Waals surface area (Å²) in [4.78, 5) is 36.7. The Kier molecular flexibility index (Phi) is 5.65. The second kappa shape index (κ2) is 7.88. The molecule has 170 valence electrons. The first-order valence-corrected chi connectivity index (χ1v) is 11.6. The molecule has 5 unspecified atom stereocenters. The first-order chi connectivity index (χ1) is 14.6. The highest BCUT2D eigenvalue weighted by Gasteiger charge is 2.64. The summed E-state index contributed by atoms with van der Waals surface area (Å²) in [6.45, 7) is 8.01. The molecular weight excluding hydrogens is 396 g/mol. The van der Waals surface area contributed by atoms with E-state index in [9.17, 15) is 19.5 Å². The van der Waals surface area contributed by atoms with E-state index in [1.807, 2.05) is 6.08 Å². The van der Waals surface area contributed by atoms with Gasteiger partial charge >= 0.3 is 6.16 Å². The van der Waals surface area contributed by atoms with Crippen molar-refractivity contribution < 1.29 is 29.0 Å². The minimum absolute atomic E-state index is 0.0304. The lowest BCUT2D eigenvalue weighted by molar-refractivity contribution is -0.143. The Balaban J connectivity index is 1.59. The van der Waals surface area contributed by atoms with Gasteiger partial charge in [-0.2, -0.15) is 0 Å². The van der Waals surface area contributed by atoms with Crippen molar-refractivity contribution in [2.75, 3.05) is 13.2 Å². The second-order valence-corrected chi connectivity index (χ2v) is 10.4. The van der Waals surface area contributed by atoms with Crippen LogP contribution in [0.2, 0.25) is 0 Å². The number of aliphatic hydroxyl groups excluding tert-OH is 1. The van der Waals surface area contributed by atoms with Crippen molar-refractivity contribution in [3.63, 3.8) is 0 Å². The van der Waals surface area contributed by atoms with E-state index in [2.05, 4.69) is 20.8 Å². The van der Waals surface area contributed by atoms with Crippen LogP contribution in [0.4, 0.5) is 4.79 Å². The zero-order valence-electron chi connectivity index (χ0n) is 18.9. The van der Waals surface area contributed by atoms with Gasteiger partial charge in [-0.1, -0.05) is 32.4 Å². The summed E-state index contributed by atoms with van der Waals surface area (Å²) < 4.78 is 9.82. The van der Waals surface area contributed by atoms with Gasteiger partial charge in [-0.15, -0.1) is 0 Å². The van der Waals surface area contributed by atoms with Gasteiger partial charge in [-0.3, -0.25) is 9.59 Å². The highest BCUT2D eigenvalue weighted by Crippen LogP contribution is 2.67. The standard InChI is InChI=1S/C25H34O6/c1-5-30-23(29)31-13-20(28)21-14(2)10-18-17-7-6-15-11-16(26)8-9-24(15,3)22(17)19(27)12-25(18,21)4/h8-9,11,14,17-19,21-22,27H,5-7,10,12-13H2,1-4H3/t14-,17?,18?,19?,21?,22?,24-,25-/m0/s1. The molecule has 1 N–H and O–H groups in total. The summed E-state index contributed by atoms with van der Waals surface area (Å²) in [6.07, 6.45) is 7.29. The molecule has 0 radical (unpaired) electrons. The van der Waals surface area contributed by atoms with Gasteiger partial charge in [0, 0.05) is 17.3 Å². The molecule has 8 atom stereocenters. The largest absolute Gasteiger partial charge is 0.508 e.